The number of hydrogen-bond donors (Lipinski definition) is 3. The van der Waals surface area contributed by atoms with Crippen LogP contribution in [-0.4, -0.2) is 30.6 Å². The van der Waals surface area contributed by atoms with Gasteiger partial charge in [-0.2, -0.15) is 0 Å². The minimum Gasteiger partial charge on any atom is -0.351 e. The first kappa shape index (κ1) is 19.5. The van der Waals surface area contributed by atoms with Gasteiger partial charge in [-0.3, -0.25) is 4.79 Å². The summed E-state index contributed by atoms with van der Waals surface area (Å²) in [5, 5.41) is 9.59. The second-order valence-corrected chi connectivity index (χ2v) is 7.57. The summed E-state index contributed by atoms with van der Waals surface area (Å²) in [5.41, 5.74) is 2.20. The van der Waals surface area contributed by atoms with Crippen LogP contribution in [0.3, 0.4) is 0 Å². The standard InChI is InChI=1S/C20H21Cl2N3O2/c1-12(24-19(26)18-11-23-20(27)25-18)17(14-4-8-16(22)9-5-14)10-13-2-6-15(21)7-3-13/h2-9,12,17-18H,10-11H2,1H3,(H,24,26)(H2,23,25,27). The maximum Gasteiger partial charge on any atom is 0.315 e. The molecule has 3 atom stereocenters. The number of benzene rings is 2. The second-order valence-electron chi connectivity index (χ2n) is 6.69. The summed E-state index contributed by atoms with van der Waals surface area (Å²) in [6.07, 6.45) is 0.732. The number of nitrogens with one attached hydrogen (secondary N) is 3. The lowest BCUT2D eigenvalue weighted by atomic mass is 9.86. The van der Waals surface area contributed by atoms with Crippen LogP contribution in [0.4, 0.5) is 4.79 Å². The highest BCUT2D eigenvalue weighted by molar-refractivity contribution is 6.30. The SMILES string of the molecule is CC(NC(=O)C1CNC(=O)N1)C(Cc1ccc(Cl)cc1)c1ccc(Cl)cc1. The lowest BCUT2D eigenvalue weighted by molar-refractivity contribution is -0.123. The van der Waals surface area contributed by atoms with Gasteiger partial charge in [-0.1, -0.05) is 47.5 Å². The van der Waals surface area contributed by atoms with E-state index in [1.165, 1.54) is 0 Å². The quantitative estimate of drug-likeness (QED) is 0.687. The Kier molecular flexibility index (Phi) is 6.24. The highest BCUT2D eigenvalue weighted by Crippen LogP contribution is 2.27. The Morgan fingerprint density at radius 2 is 1.70 bits per heavy atom. The number of carbonyl (C=O) groups excluding carboxylic acids is 2. The molecule has 0 saturated carbocycles. The molecule has 142 valence electrons. The van der Waals surface area contributed by atoms with E-state index in [0.717, 1.165) is 17.5 Å². The summed E-state index contributed by atoms with van der Waals surface area (Å²) in [4.78, 5) is 23.8. The van der Waals surface area contributed by atoms with Crippen molar-refractivity contribution in [1.29, 1.82) is 0 Å². The lowest BCUT2D eigenvalue weighted by Gasteiger charge is -2.27. The first-order chi connectivity index (χ1) is 12.9. The third-order valence-electron chi connectivity index (χ3n) is 4.73. The molecule has 1 fully saturated rings. The molecule has 2 aromatic rings. The smallest absolute Gasteiger partial charge is 0.315 e. The number of hydrogen-bond acceptors (Lipinski definition) is 2. The van der Waals surface area contributed by atoms with Crippen molar-refractivity contribution in [1.82, 2.24) is 16.0 Å². The zero-order valence-corrected chi connectivity index (χ0v) is 16.3. The summed E-state index contributed by atoms with van der Waals surface area (Å²) >= 11 is 12.0. The Morgan fingerprint density at radius 1 is 1.11 bits per heavy atom. The minimum absolute atomic E-state index is 0.0393. The van der Waals surface area contributed by atoms with Crippen LogP contribution in [0.2, 0.25) is 10.0 Å². The zero-order chi connectivity index (χ0) is 19.4. The lowest BCUT2D eigenvalue weighted by Crippen LogP contribution is -2.48. The Hall–Kier alpha value is -2.24. The van der Waals surface area contributed by atoms with Crippen LogP contribution < -0.4 is 16.0 Å². The molecule has 0 aromatic heterocycles. The van der Waals surface area contributed by atoms with Crippen molar-refractivity contribution < 1.29 is 9.59 Å². The largest absolute Gasteiger partial charge is 0.351 e. The average Bonchev–Trinajstić information content (AvgIpc) is 3.08. The van der Waals surface area contributed by atoms with Gasteiger partial charge < -0.3 is 16.0 Å². The van der Waals surface area contributed by atoms with Crippen LogP contribution >= 0.6 is 23.2 Å². The van der Waals surface area contributed by atoms with Gasteiger partial charge >= 0.3 is 6.03 Å². The number of carbonyl (C=O) groups is 2. The van der Waals surface area contributed by atoms with Crippen molar-refractivity contribution >= 4 is 35.1 Å². The van der Waals surface area contributed by atoms with Crippen LogP contribution in [0.15, 0.2) is 48.5 Å². The van der Waals surface area contributed by atoms with Gasteiger partial charge in [0, 0.05) is 28.5 Å². The monoisotopic (exact) mass is 405 g/mol. The molecule has 3 N–H and O–H groups in total. The fourth-order valence-corrected chi connectivity index (χ4v) is 3.46. The van der Waals surface area contributed by atoms with Crippen LogP contribution in [0.1, 0.15) is 24.0 Å². The molecule has 1 saturated heterocycles. The van der Waals surface area contributed by atoms with Crippen molar-refractivity contribution in [2.75, 3.05) is 6.54 Å². The van der Waals surface area contributed by atoms with Crippen LogP contribution in [0, 0.1) is 0 Å². The molecule has 5 nitrogen and oxygen atoms in total. The molecular weight excluding hydrogens is 385 g/mol. The third-order valence-corrected chi connectivity index (χ3v) is 5.23. The molecule has 1 aliphatic rings. The van der Waals surface area contributed by atoms with E-state index in [4.69, 9.17) is 23.2 Å². The predicted octanol–water partition coefficient (Wildman–Crippen LogP) is 3.51. The number of amides is 3. The molecule has 2 aromatic carbocycles. The van der Waals surface area contributed by atoms with Crippen molar-refractivity contribution in [3.63, 3.8) is 0 Å². The summed E-state index contributed by atoms with van der Waals surface area (Å²) in [7, 11) is 0. The summed E-state index contributed by atoms with van der Waals surface area (Å²) in [6.45, 7) is 2.26. The number of rotatable bonds is 6. The van der Waals surface area contributed by atoms with Gasteiger partial charge in [0.25, 0.3) is 0 Å². The third kappa shape index (κ3) is 5.15. The van der Waals surface area contributed by atoms with E-state index in [2.05, 4.69) is 16.0 Å². The molecular formula is C20H21Cl2N3O2. The molecule has 3 unspecified atom stereocenters. The highest BCUT2D eigenvalue weighted by atomic mass is 35.5. The van der Waals surface area contributed by atoms with E-state index in [9.17, 15) is 9.59 Å². The van der Waals surface area contributed by atoms with E-state index in [1.54, 1.807) is 0 Å². The number of halogens is 2. The summed E-state index contributed by atoms with van der Waals surface area (Å²) in [5.74, 6) is -0.159. The molecule has 3 amide bonds. The molecule has 0 spiro atoms. The van der Waals surface area contributed by atoms with E-state index in [0.29, 0.717) is 16.6 Å². The van der Waals surface area contributed by atoms with Gasteiger partial charge in [0.2, 0.25) is 5.91 Å². The predicted molar refractivity (Wildman–Crippen MR) is 107 cm³/mol. The zero-order valence-electron chi connectivity index (χ0n) is 14.8. The Bertz CT molecular complexity index is 809. The van der Waals surface area contributed by atoms with Crippen LogP contribution in [-0.2, 0) is 11.2 Å². The van der Waals surface area contributed by atoms with Gasteiger partial charge in [-0.15, -0.1) is 0 Å². The van der Waals surface area contributed by atoms with Crippen molar-refractivity contribution in [3.8, 4) is 0 Å². The first-order valence-corrected chi connectivity index (χ1v) is 9.52. The summed E-state index contributed by atoms with van der Waals surface area (Å²) < 4.78 is 0. The fraction of sp³-hybridized carbons (Fsp3) is 0.300. The molecule has 0 radical (unpaired) electrons. The van der Waals surface area contributed by atoms with Gasteiger partial charge in [-0.05, 0) is 48.7 Å². The highest BCUT2D eigenvalue weighted by Gasteiger charge is 2.29. The van der Waals surface area contributed by atoms with E-state index in [1.807, 2.05) is 55.5 Å². The van der Waals surface area contributed by atoms with Crippen molar-refractivity contribution in [2.45, 2.75) is 31.3 Å². The average molecular weight is 406 g/mol. The normalized spacial score (nSPS) is 18.3. The van der Waals surface area contributed by atoms with Crippen molar-refractivity contribution in [3.05, 3.63) is 69.7 Å². The first-order valence-electron chi connectivity index (χ1n) is 8.77. The molecule has 1 aliphatic heterocycles. The molecule has 27 heavy (non-hydrogen) atoms. The van der Waals surface area contributed by atoms with E-state index >= 15 is 0 Å². The second kappa shape index (κ2) is 8.63. The van der Waals surface area contributed by atoms with Gasteiger partial charge in [-0.25, -0.2) is 4.79 Å². The molecule has 1 heterocycles. The van der Waals surface area contributed by atoms with Gasteiger partial charge in [0.15, 0.2) is 0 Å². The molecule has 0 aliphatic carbocycles. The Balaban J connectivity index is 1.77. The molecule has 0 bridgehead atoms. The molecule has 7 heteroatoms. The fourth-order valence-electron chi connectivity index (χ4n) is 3.21. The minimum atomic E-state index is -0.554. The summed E-state index contributed by atoms with van der Waals surface area (Å²) in [6, 6.07) is 14.3. The van der Waals surface area contributed by atoms with Gasteiger partial charge in [0.05, 0.1) is 0 Å². The maximum atomic E-state index is 12.5. The van der Waals surface area contributed by atoms with Crippen LogP contribution in [0.5, 0.6) is 0 Å². The Labute approximate surface area is 168 Å². The molecule has 3 rings (SSSR count). The number of urea groups is 1. The van der Waals surface area contributed by atoms with E-state index < -0.39 is 6.04 Å². The maximum absolute atomic E-state index is 12.5. The topological polar surface area (TPSA) is 70.2 Å². The van der Waals surface area contributed by atoms with Gasteiger partial charge in [0.1, 0.15) is 6.04 Å². The van der Waals surface area contributed by atoms with E-state index in [-0.39, 0.29) is 23.9 Å². The van der Waals surface area contributed by atoms with Crippen LogP contribution in [0.25, 0.3) is 0 Å². The van der Waals surface area contributed by atoms with Crippen molar-refractivity contribution in [2.24, 2.45) is 0 Å². The Morgan fingerprint density at radius 3 is 2.26 bits per heavy atom.